The molecule has 0 aliphatic rings. The number of nitrogens with two attached hydrogens (primary N) is 2. The summed E-state index contributed by atoms with van der Waals surface area (Å²) in [4.78, 5) is 4.68. The van der Waals surface area contributed by atoms with E-state index in [1.54, 1.807) is 0 Å². The van der Waals surface area contributed by atoms with E-state index in [-0.39, 0.29) is 5.04 Å². The first kappa shape index (κ1) is 18.7. The van der Waals surface area contributed by atoms with Crippen molar-refractivity contribution in [1.82, 2.24) is 4.98 Å². The molecule has 0 radical (unpaired) electrons. The molecule has 24 heavy (non-hydrogen) atoms. The van der Waals surface area contributed by atoms with Crippen molar-refractivity contribution < 1.29 is 4.43 Å². The zero-order valence-electron chi connectivity index (χ0n) is 15.6. The SMILES string of the molecule is CC(C)(C)[Si](C)(C)OCCCCc1nc2ccccc2c(N)c1N. The van der Waals surface area contributed by atoms with Crippen LogP contribution in [0.15, 0.2) is 24.3 Å². The third-order valence-corrected chi connectivity index (χ3v) is 9.67. The molecule has 2 aromatic rings. The quantitative estimate of drug-likeness (QED) is 0.585. The topological polar surface area (TPSA) is 74.2 Å². The van der Waals surface area contributed by atoms with E-state index in [4.69, 9.17) is 15.9 Å². The van der Waals surface area contributed by atoms with Crippen molar-refractivity contribution in [2.24, 2.45) is 0 Å². The van der Waals surface area contributed by atoms with Gasteiger partial charge < -0.3 is 15.9 Å². The number of nitrogen functional groups attached to an aromatic ring is 2. The van der Waals surface area contributed by atoms with E-state index in [0.29, 0.717) is 11.4 Å². The molecule has 0 atom stereocenters. The van der Waals surface area contributed by atoms with Crippen LogP contribution < -0.4 is 11.5 Å². The monoisotopic (exact) mass is 345 g/mol. The maximum Gasteiger partial charge on any atom is 0.191 e. The normalized spacial score (nSPS) is 12.7. The average molecular weight is 346 g/mol. The van der Waals surface area contributed by atoms with Gasteiger partial charge in [-0.1, -0.05) is 39.0 Å². The zero-order valence-corrected chi connectivity index (χ0v) is 16.6. The fourth-order valence-corrected chi connectivity index (χ4v) is 3.52. The second kappa shape index (κ2) is 7.11. The molecule has 5 heteroatoms. The van der Waals surface area contributed by atoms with Crippen LogP contribution in [0.3, 0.4) is 0 Å². The van der Waals surface area contributed by atoms with E-state index in [9.17, 15) is 0 Å². The maximum atomic E-state index is 6.22. The third kappa shape index (κ3) is 4.08. The number of unbranched alkanes of at least 4 members (excludes halogenated alkanes) is 1. The number of hydrogen-bond acceptors (Lipinski definition) is 4. The highest BCUT2D eigenvalue weighted by Gasteiger charge is 2.36. The van der Waals surface area contributed by atoms with Crippen LogP contribution >= 0.6 is 0 Å². The van der Waals surface area contributed by atoms with Gasteiger partial charge in [-0.05, 0) is 43.5 Å². The molecule has 0 fully saturated rings. The molecule has 0 saturated carbocycles. The van der Waals surface area contributed by atoms with Crippen molar-refractivity contribution in [1.29, 1.82) is 0 Å². The molecule has 1 aromatic carbocycles. The summed E-state index contributed by atoms with van der Waals surface area (Å²) in [5.41, 5.74) is 15.4. The van der Waals surface area contributed by atoms with Crippen LogP contribution in [-0.4, -0.2) is 19.9 Å². The molecular weight excluding hydrogens is 314 g/mol. The maximum absolute atomic E-state index is 6.22. The van der Waals surface area contributed by atoms with E-state index in [1.807, 2.05) is 24.3 Å². The lowest BCUT2D eigenvalue weighted by Crippen LogP contribution is -2.40. The van der Waals surface area contributed by atoms with Crippen molar-refractivity contribution in [2.45, 2.75) is 58.2 Å². The lowest BCUT2D eigenvalue weighted by atomic mass is 10.1. The molecule has 0 spiro atoms. The Hall–Kier alpha value is -1.59. The summed E-state index contributed by atoms with van der Waals surface area (Å²) in [6.45, 7) is 12.2. The molecule has 132 valence electrons. The number of fused-ring (bicyclic) bond motifs is 1. The predicted molar refractivity (Wildman–Crippen MR) is 107 cm³/mol. The minimum Gasteiger partial charge on any atom is -0.417 e. The number of para-hydroxylation sites is 1. The highest BCUT2D eigenvalue weighted by molar-refractivity contribution is 6.74. The highest BCUT2D eigenvalue weighted by atomic mass is 28.4. The van der Waals surface area contributed by atoms with E-state index in [0.717, 1.165) is 42.5 Å². The Kier molecular flexibility index (Phi) is 5.55. The molecule has 1 aromatic heterocycles. The molecular formula is C19H31N3OSi. The van der Waals surface area contributed by atoms with Gasteiger partial charge in [-0.2, -0.15) is 0 Å². The van der Waals surface area contributed by atoms with Gasteiger partial charge >= 0.3 is 0 Å². The van der Waals surface area contributed by atoms with Crippen LogP contribution in [0.4, 0.5) is 11.4 Å². The minimum atomic E-state index is -1.65. The van der Waals surface area contributed by atoms with Gasteiger partial charge in [0.15, 0.2) is 8.32 Å². The van der Waals surface area contributed by atoms with Gasteiger partial charge in [0.2, 0.25) is 0 Å². The first-order chi connectivity index (χ1) is 11.1. The number of aromatic nitrogens is 1. The first-order valence-electron chi connectivity index (χ1n) is 8.70. The molecule has 4 nitrogen and oxygen atoms in total. The predicted octanol–water partition coefficient (Wildman–Crippen LogP) is 4.74. The molecule has 0 amide bonds. The Bertz CT molecular complexity index is 708. The van der Waals surface area contributed by atoms with Gasteiger partial charge in [-0.25, -0.2) is 0 Å². The van der Waals surface area contributed by atoms with Gasteiger partial charge in [0, 0.05) is 12.0 Å². The summed E-state index contributed by atoms with van der Waals surface area (Å²) in [7, 11) is -1.65. The number of rotatable bonds is 6. The largest absolute Gasteiger partial charge is 0.417 e. The third-order valence-electron chi connectivity index (χ3n) is 5.13. The molecule has 0 aliphatic carbocycles. The summed E-state index contributed by atoms with van der Waals surface area (Å²) in [6, 6.07) is 7.87. The number of anilines is 2. The molecule has 2 rings (SSSR count). The number of benzene rings is 1. The Morgan fingerprint density at radius 1 is 1.04 bits per heavy atom. The van der Waals surface area contributed by atoms with Crippen LogP contribution in [0.25, 0.3) is 10.9 Å². The van der Waals surface area contributed by atoms with Crippen LogP contribution in [0.1, 0.15) is 39.3 Å². The minimum absolute atomic E-state index is 0.256. The molecule has 4 N–H and O–H groups in total. The molecule has 0 bridgehead atoms. The second-order valence-electron chi connectivity index (χ2n) is 7.97. The molecule has 0 aliphatic heterocycles. The Labute approximate surface area is 146 Å². The van der Waals surface area contributed by atoms with Gasteiger partial charge in [0.25, 0.3) is 0 Å². The number of nitrogens with zero attached hydrogens (tertiary/aromatic N) is 1. The molecule has 0 unspecified atom stereocenters. The van der Waals surface area contributed by atoms with E-state index in [1.165, 1.54) is 0 Å². The average Bonchev–Trinajstić information content (AvgIpc) is 2.50. The van der Waals surface area contributed by atoms with Gasteiger partial charge in [-0.3, -0.25) is 4.98 Å². The highest BCUT2D eigenvalue weighted by Crippen LogP contribution is 2.36. The summed E-state index contributed by atoms with van der Waals surface area (Å²) in [5, 5.41) is 1.19. The standard InChI is InChI=1S/C19H31N3OSi/c1-19(2,3)24(4,5)23-13-9-8-12-16-18(21)17(20)14-10-6-7-11-15(14)22-16/h6-7,10-11H,8-9,12-13,21H2,1-5H3,(H2,20,22). The lowest BCUT2D eigenvalue weighted by molar-refractivity contribution is 0.279. The van der Waals surface area contributed by atoms with Crippen molar-refractivity contribution in [2.75, 3.05) is 18.1 Å². The van der Waals surface area contributed by atoms with Gasteiger partial charge in [-0.15, -0.1) is 0 Å². The van der Waals surface area contributed by atoms with Crippen LogP contribution in [0, 0.1) is 0 Å². The smallest absolute Gasteiger partial charge is 0.191 e. The van der Waals surface area contributed by atoms with Crippen molar-refractivity contribution in [3.05, 3.63) is 30.0 Å². The Morgan fingerprint density at radius 2 is 1.71 bits per heavy atom. The van der Waals surface area contributed by atoms with E-state index >= 15 is 0 Å². The van der Waals surface area contributed by atoms with Crippen LogP contribution in [-0.2, 0) is 10.8 Å². The number of aryl methyl sites for hydroxylation is 1. The second-order valence-corrected chi connectivity index (χ2v) is 12.8. The number of hydrogen-bond donors (Lipinski definition) is 2. The fraction of sp³-hybridized carbons (Fsp3) is 0.526. The zero-order chi connectivity index (χ0) is 18.0. The van der Waals surface area contributed by atoms with E-state index in [2.05, 4.69) is 38.8 Å². The number of pyridine rings is 1. The summed E-state index contributed by atoms with van der Waals surface area (Å²) in [6.07, 6.45) is 2.85. The first-order valence-corrected chi connectivity index (χ1v) is 11.6. The Morgan fingerprint density at radius 3 is 2.38 bits per heavy atom. The summed E-state index contributed by atoms with van der Waals surface area (Å²) < 4.78 is 6.22. The van der Waals surface area contributed by atoms with E-state index < -0.39 is 8.32 Å². The van der Waals surface area contributed by atoms with Gasteiger partial charge in [0.1, 0.15) is 0 Å². The van der Waals surface area contributed by atoms with Crippen LogP contribution in [0.5, 0.6) is 0 Å². The fourth-order valence-electron chi connectivity index (χ4n) is 2.43. The lowest BCUT2D eigenvalue weighted by Gasteiger charge is -2.36. The summed E-state index contributed by atoms with van der Waals surface area (Å²) in [5.74, 6) is 0. The molecule has 0 saturated heterocycles. The molecule has 1 heterocycles. The Balaban J connectivity index is 1.94. The van der Waals surface area contributed by atoms with Crippen molar-refractivity contribution >= 4 is 30.6 Å². The van der Waals surface area contributed by atoms with Gasteiger partial charge in [0.05, 0.1) is 22.6 Å². The van der Waals surface area contributed by atoms with Crippen LogP contribution in [0.2, 0.25) is 18.1 Å². The van der Waals surface area contributed by atoms with Crippen molar-refractivity contribution in [3.63, 3.8) is 0 Å². The summed E-state index contributed by atoms with van der Waals surface area (Å²) >= 11 is 0. The van der Waals surface area contributed by atoms with Crippen molar-refractivity contribution in [3.8, 4) is 0 Å².